The molecular weight excluding hydrogens is 206 g/mol. The smallest absolute Gasteiger partial charge is 0.273 e. The van der Waals surface area contributed by atoms with Crippen LogP contribution in [0.5, 0.6) is 0 Å². The zero-order valence-electron chi connectivity index (χ0n) is 8.61. The van der Waals surface area contributed by atoms with E-state index in [0.29, 0.717) is 13.0 Å². The fraction of sp³-hybridized carbons (Fsp3) is 0.875. The van der Waals surface area contributed by atoms with Crippen molar-refractivity contribution in [3.05, 3.63) is 0 Å². The van der Waals surface area contributed by atoms with E-state index < -0.39 is 10.1 Å². The van der Waals surface area contributed by atoms with E-state index in [-0.39, 0.29) is 11.3 Å². The van der Waals surface area contributed by atoms with Crippen LogP contribution in [0.1, 0.15) is 26.7 Å². The highest BCUT2D eigenvalue weighted by Gasteiger charge is 2.33. The number of rotatable bonds is 2. The number of nitrogens with zero attached hydrogens (tertiary/aromatic N) is 1. The molecule has 0 aromatic rings. The number of hydroxylamine groups is 2. The molecule has 0 bridgehead atoms. The summed E-state index contributed by atoms with van der Waals surface area (Å²) in [6, 6.07) is 0. The SMILES string of the molecule is CC1(C)CCC(=O)N(OS(C)(=O)=O)C1. The van der Waals surface area contributed by atoms with Crippen LogP contribution < -0.4 is 0 Å². The molecule has 1 saturated heterocycles. The number of hydrogen-bond acceptors (Lipinski definition) is 4. The van der Waals surface area contributed by atoms with Crippen LogP contribution >= 0.6 is 0 Å². The Bertz CT molecular complexity index is 333. The fourth-order valence-electron chi connectivity index (χ4n) is 1.36. The predicted octanol–water partition coefficient (Wildman–Crippen LogP) is 0.526. The molecule has 0 aromatic carbocycles. The zero-order chi connectivity index (χ0) is 11.0. The second-order valence-corrected chi connectivity index (χ2v) is 5.93. The molecule has 0 saturated carbocycles. The topological polar surface area (TPSA) is 63.7 Å². The standard InChI is InChI=1S/C8H15NO4S/c1-8(2)5-4-7(10)9(6-8)13-14(3,11)12/h4-6H2,1-3H3. The lowest BCUT2D eigenvalue weighted by atomic mass is 9.85. The average molecular weight is 221 g/mol. The summed E-state index contributed by atoms with van der Waals surface area (Å²) in [6.45, 7) is 4.26. The molecule has 1 amide bonds. The van der Waals surface area contributed by atoms with Crippen LogP contribution in [-0.2, 0) is 19.2 Å². The maximum Gasteiger partial charge on any atom is 0.285 e. The highest BCUT2D eigenvalue weighted by Crippen LogP contribution is 2.29. The van der Waals surface area contributed by atoms with E-state index in [9.17, 15) is 13.2 Å². The van der Waals surface area contributed by atoms with E-state index >= 15 is 0 Å². The van der Waals surface area contributed by atoms with Crippen molar-refractivity contribution in [3.8, 4) is 0 Å². The maximum atomic E-state index is 11.3. The van der Waals surface area contributed by atoms with E-state index in [2.05, 4.69) is 4.28 Å². The van der Waals surface area contributed by atoms with Crippen molar-refractivity contribution in [2.24, 2.45) is 5.41 Å². The van der Waals surface area contributed by atoms with E-state index in [1.807, 2.05) is 13.8 Å². The second-order valence-electron chi connectivity index (χ2n) is 4.37. The Labute approximate surface area is 84.1 Å². The van der Waals surface area contributed by atoms with Crippen molar-refractivity contribution < 1.29 is 17.5 Å². The van der Waals surface area contributed by atoms with Crippen LogP contribution in [0.15, 0.2) is 0 Å². The number of hydrogen-bond donors (Lipinski definition) is 0. The molecule has 0 aliphatic carbocycles. The lowest BCUT2D eigenvalue weighted by Gasteiger charge is -2.35. The van der Waals surface area contributed by atoms with Gasteiger partial charge in [0, 0.05) is 6.42 Å². The van der Waals surface area contributed by atoms with Gasteiger partial charge in [0.25, 0.3) is 10.1 Å². The summed E-state index contributed by atoms with van der Waals surface area (Å²) in [7, 11) is -3.60. The Morgan fingerprint density at radius 3 is 2.50 bits per heavy atom. The molecule has 0 N–H and O–H groups in total. The van der Waals surface area contributed by atoms with Gasteiger partial charge in [0.15, 0.2) is 0 Å². The van der Waals surface area contributed by atoms with Crippen LogP contribution in [0.3, 0.4) is 0 Å². The molecule has 82 valence electrons. The van der Waals surface area contributed by atoms with Crippen molar-refractivity contribution >= 4 is 16.0 Å². The minimum Gasteiger partial charge on any atom is -0.273 e. The number of carbonyl (C=O) groups excluding carboxylic acids is 1. The molecule has 14 heavy (non-hydrogen) atoms. The summed E-state index contributed by atoms with van der Waals surface area (Å²) in [5.74, 6) is -0.269. The summed E-state index contributed by atoms with van der Waals surface area (Å²) < 4.78 is 26.3. The molecule has 5 nitrogen and oxygen atoms in total. The largest absolute Gasteiger partial charge is 0.285 e. The van der Waals surface area contributed by atoms with Crippen molar-refractivity contribution in [2.75, 3.05) is 12.8 Å². The van der Waals surface area contributed by atoms with Crippen LogP contribution in [-0.4, -0.2) is 32.2 Å². The lowest BCUT2D eigenvalue weighted by Crippen LogP contribution is -2.44. The van der Waals surface area contributed by atoms with Gasteiger partial charge in [-0.25, -0.2) is 5.06 Å². The van der Waals surface area contributed by atoms with E-state index in [4.69, 9.17) is 0 Å². The van der Waals surface area contributed by atoms with Gasteiger partial charge in [-0.15, -0.1) is 4.28 Å². The third-order valence-electron chi connectivity index (χ3n) is 2.09. The van der Waals surface area contributed by atoms with E-state index in [1.54, 1.807) is 0 Å². The van der Waals surface area contributed by atoms with Gasteiger partial charge in [-0.1, -0.05) is 13.8 Å². The normalized spacial score (nSPS) is 22.5. The van der Waals surface area contributed by atoms with E-state index in [0.717, 1.165) is 17.7 Å². The van der Waals surface area contributed by atoms with Crippen LogP contribution in [0.25, 0.3) is 0 Å². The molecule has 0 unspecified atom stereocenters. The first-order chi connectivity index (χ1) is 6.20. The maximum absolute atomic E-state index is 11.3. The summed E-state index contributed by atoms with van der Waals surface area (Å²) >= 11 is 0. The number of carbonyl (C=O) groups is 1. The Hall–Kier alpha value is -0.620. The molecule has 0 spiro atoms. The number of amides is 1. The van der Waals surface area contributed by atoms with Gasteiger partial charge in [0.1, 0.15) is 0 Å². The van der Waals surface area contributed by atoms with Crippen LogP contribution in [0.4, 0.5) is 0 Å². The van der Waals surface area contributed by atoms with Gasteiger partial charge in [-0.05, 0) is 11.8 Å². The van der Waals surface area contributed by atoms with Crippen molar-refractivity contribution in [1.82, 2.24) is 5.06 Å². The predicted molar refractivity (Wildman–Crippen MR) is 50.7 cm³/mol. The minimum absolute atomic E-state index is 0.0847. The Morgan fingerprint density at radius 2 is 2.00 bits per heavy atom. The quantitative estimate of drug-likeness (QED) is 0.682. The molecule has 1 aliphatic rings. The summed E-state index contributed by atoms with van der Waals surface area (Å²) in [6.07, 6.45) is 2.03. The highest BCUT2D eigenvalue weighted by atomic mass is 32.2. The van der Waals surface area contributed by atoms with Gasteiger partial charge in [-0.2, -0.15) is 8.42 Å². The third-order valence-corrected chi connectivity index (χ3v) is 2.54. The van der Waals surface area contributed by atoms with Gasteiger partial charge in [0.05, 0.1) is 12.8 Å². The molecule has 0 aromatic heterocycles. The molecule has 1 rings (SSSR count). The molecule has 6 heteroatoms. The van der Waals surface area contributed by atoms with Crippen molar-refractivity contribution in [1.29, 1.82) is 0 Å². The number of piperidine rings is 1. The average Bonchev–Trinajstić information content (AvgIpc) is 1.93. The first-order valence-corrected chi connectivity index (χ1v) is 6.21. The van der Waals surface area contributed by atoms with Gasteiger partial charge in [-0.3, -0.25) is 4.79 Å². The summed E-state index contributed by atoms with van der Waals surface area (Å²) in [5, 5.41) is 0.943. The Morgan fingerprint density at radius 1 is 1.43 bits per heavy atom. The van der Waals surface area contributed by atoms with Crippen molar-refractivity contribution in [2.45, 2.75) is 26.7 Å². The van der Waals surface area contributed by atoms with E-state index in [1.165, 1.54) is 0 Å². The Balaban J connectivity index is 2.72. The second kappa shape index (κ2) is 3.51. The van der Waals surface area contributed by atoms with Crippen molar-refractivity contribution in [3.63, 3.8) is 0 Å². The molecule has 0 atom stereocenters. The fourth-order valence-corrected chi connectivity index (χ4v) is 1.82. The van der Waals surface area contributed by atoms with Gasteiger partial charge < -0.3 is 0 Å². The zero-order valence-corrected chi connectivity index (χ0v) is 9.43. The molecular formula is C8H15NO4S. The Kier molecular flexibility index (Phi) is 2.87. The molecule has 1 aliphatic heterocycles. The first-order valence-electron chi connectivity index (χ1n) is 4.40. The van der Waals surface area contributed by atoms with Crippen LogP contribution in [0, 0.1) is 5.41 Å². The van der Waals surface area contributed by atoms with Gasteiger partial charge >= 0.3 is 0 Å². The highest BCUT2D eigenvalue weighted by molar-refractivity contribution is 7.85. The third kappa shape index (κ3) is 3.26. The molecule has 0 radical (unpaired) electrons. The van der Waals surface area contributed by atoms with Gasteiger partial charge in [0.2, 0.25) is 5.91 Å². The lowest BCUT2D eigenvalue weighted by molar-refractivity contribution is -0.168. The van der Waals surface area contributed by atoms with Crippen LogP contribution in [0.2, 0.25) is 0 Å². The molecule has 1 heterocycles. The first kappa shape index (κ1) is 11.5. The minimum atomic E-state index is -3.60. The monoisotopic (exact) mass is 221 g/mol. The summed E-state index contributed by atoms with van der Waals surface area (Å²) in [5.41, 5.74) is -0.0847. The molecule has 1 fully saturated rings. The summed E-state index contributed by atoms with van der Waals surface area (Å²) in [4.78, 5) is 11.3.